The van der Waals surface area contributed by atoms with Crippen LogP contribution < -0.4 is 0 Å². The molecule has 8 aliphatic rings. The molecule has 8 rings (SSSR count). The predicted octanol–water partition coefficient (Wildman–Crippen LogP) is 9.36. The zero-order valence-electron chi connectivity index (χ0n) is 21.3. The Morgan fingerprint density at radius 3 is 1.84 bits per heavy atom. The average molecular weight is 501 g/mol. The molecule has 3 heteroatoms. The van der Waals surface area contributed by atoms with E-state index < -0.39 is 17.0 Å². The molecule has 0 aromatic heterocycles. The second kappa shape index (κ2) is 8.45. The van der Waals surface area contributed by atoms with Crippen molar-refractivity contribution in [3.8, 4) is 0 Å². The van der Waals surface area contributed by atoms with E-state index in [9.17, 15) is 0 Å². The molecule has 31 heavy (non-hydrogen) atoms. The monoisotopic (exact) mass is 500 g/mol. The molecule has 0 amide bonds. The average Bonchev–Trinajstić information content (AvgIpc) is 3.31. The van der Waals surface area contributed by atoms with Crippen molar-refractivity contribution in [2.45, 2.75) is 100 Å². The first-order valence-corrected chi connectivity index (χ1v) is 17.3. The van der Waals surface area contributed by atoms with Crippen LogP contribution in [-0.4, -0.2) is 0 Å². The van der Waals surface area contributed by atoms with Gasteiger partial charge in [0.15, 0.2) is 0 Å². The zero-order chi connectivity index (χ0) is 23.0. The van der Waals surface area contributed by atoms with Gasteiger partial charge in [0, 0.05) is 0 Å². The van der Waals surface area contributed by atoms with E-state index in [0.29, 0.717) is 21.7 Å². The Hall–Kier alpha value is 1.29. The van der Waals surface area contributed by atoms with E-state index in [2.05, 4.69) is 61.8 Å². The standard InChI is InChI=1S/C14H24.C14H22.2ClH.Ti/c2*1-13(2)10-7-5-6-9(10)11-8-12(13)14(11,3)4;;;/h9-12H,5-8H2,1-4H3;6,10-12H,5,7-8H2,1-4H3;2*1H;/q;;;;+2/p-2. The summed E-state index contributed by atoms with van der Waals surface area (Å²) in [6.45, 7) is 20.2. The van der Waals surface area contributed by atoms with Gasteiger partial charge in [-0.15, -0.1) is 0 Å². The molecular formula is C28H46Cl2Ti. The van der Waals surface area contributed by atoms with Gasteiger partial charge in [0.25, 0.3) is 0 Å². The van der Waals surface area contributed by atoms with Gasteiger partial charge in [-0.2, -0.15) is 0 Å². The van der Waals surface area contributed by atoms with Crippen LogP contribution in [0.5, 0.6) is 0 Å². The first kappa shape index (κ1) is 25.4. The third-order valence-corrected chi connectivity index (χ3v) is 12.0. The first-order valence-electron chi connectivity index (χ1n) is 13.0. The van der Waals surface area contributed by atoms with E-state index in [0.717, 1.165) is 41.4 Å². The summed E-state index contributed by atoms with van der Waals surface area (Å²) in [7, 11) is 9.78. The van der Waals surface area contributed by atoms with Gasteiger partial charge >= 0.3 is 35.6 Å². The molecule has 8 aliphatic carbocycles. The molecule has 0 spiro atoms. The fourth-order valence-corrected chi connectivity index (χ4v) is 10.5. The second-order valence-electron chi connectivity index (χ2n) is 14.1. The van der Waals surface area contributed by atoms with Gasteiger partial charge in [0.1, 0.15) is 0 Å². The first-order chi connectivity index (χ1) is 14.3. The number of hydrogen-bond donors (Lipinski definition) is 0. The van der Waals surface area contributed by atoms with Gasteiger partial charge in [-0.25, -0.2) is 0 Å². The van der Waals surface area contributed by atoms with Crippen molar-refractivity contribution in [2.75, 3.05) is 0 Å². The molecule has 0 aromatic carbocycles. The van der Waals surface area contributed by atoms with E-state index >= 15 is 0 Å². The molecule has 8 fully saturated rings. The van der Waals surface area contributed by atoms with E-state index in [-0.39, 0.29) is 0 Å². The number of halogens is 2. The Morgan fingerprint density at radius 2 is 1.26 bits per heavy atom. The Bertz CT molecular complexity index is 602. The number of rotatable bonds is 0. The molecule has 176 valence electrons. The summed E-state index contributed by atoms with van der Waals surface area (Å²) in [4.78, 5) is 0. The van der Waals surface area contributed by atoms with E-state index in [4.69, 9.17) is 18.6 Å². The van der Waals surface area contributed by atoms with Crippen molar-refractivity contribution in [2.24, 2.45) is 63.1 Å². The van der Waals surface area contributed by atoms with Crippen LogP contribution in [0, 0.1) is 75.4 Å². The summed E-state index contributed by atoms with van der Waals surface area (Å²) in [6, 6.07) is 0. The van der Waals surface area contributed by atoms with Gasteiger partial charge in [-0.3, -0.25) is 0 Å². The Kier molecular flexibility index (Phi) is 6.92. The number of hydrogen-bond acceptors (Lipinski definition) is 0. The van der Waals surface area contributed by atoms with Crippen LogP contribution in [0.15, 0.2) is 0 Å². The summed E-state index contributed by atoms with van der Waals surface area (Å²) >= 11 is -0.556. The molecule has 0 aliphatic heterocycles. The maximum absolute atomic E-state index is 4.89. The molecule has 7 atom stereocenters. The van der Waals surface area contributed by atoms with Crippen LogP contribution >= 0.6 is 18.6 Å². The summed E-state index contributed by atoms with van der Waals surface area (Å²) in [5, 5.41) is 0. The van der Waals surface area contributed by atoms with Gasteiger partial charge in [-0.1, -0.05) is 61.8 Å². The molecule has 0 heterocycles. The fourth-order valence-electron chi connectivity index (χ4n) is 10.5. The molecule has 0 saturated heterocycles. The van der Waals surface area contributed by atoms with Crippen molar-refractivity contribution in [1.29, 1.82) is 0 Å². The minimum absolute atomic E-state index is 0.556. The Labute approximate surface area is 210 Å². The molecule has 7 unspecified atom stereocenters. The van der Waals surface area contributed by atoms with Crippen molar-refractivity contribution >= 4 is 18.6 Å². The van der Waals surface area contributed by atoms with Crippen LogP contribution in [0.3, 0.4) is 0 Å². The van der Waals surface area contributed by atoms with Crippen LogP contribution in [0.1, 0.15) is 100 Å². The molecule has 4 bridgehead atoms. The van der Waals surface area contributed by atoms with Crippen molar-refractivity contribution in [3.05, 3.63) is 12.3 Å². The van der Waals surface area contributed by atoms with Crippen LogP contribution in [0.25, 0.3) is 0 Å². The third-order valence-electron chi connectivity index (χ3n) is 12.0. The van der Waals surface area contributed by atoms with Crippen LogP contribution in [-0.2, 0) is 17.0 Å². The molecule has 0 aromatic rings. The van der Waals surface area contributed by atoms with Crippen LogP contribution in [0.4, 0.5) is 0 Å². The zero-order valence-corrected chi connectivity index (χ0v) is 24.4. The molecule has 0 N–H and O–H groups in total. The molecule has 8 saturated carbocycles. The van der Waals surface area contributed by atoms with Gasteiger partial charge in [-0.05, 0) is 114 Å². The van der Waals surface area contributed by atoms with Gasteiger partial charge in [0.2, 0.25) is 0 Å². The second-order valence-corrected chi connectivity index (χ2v) is 16.7. The Morgan fingerprint density at radius 1 is 0.710 bits per heavy atom. The fraction of sp³-hybridized carbons (Fsp3) is 0.929. The Balaban J connectivity index is 0.000000133. The summed E-state index contributed by atoms with van der Waals surface area (Å²) in [5.41, 5.74) is 2.46. The minimum atomic E-state index is -0.556. The maximum atomic E-state index is 4.89. The third kappa shape index (κ3) is 3.69. The topological polar surface area (TPSA) is 0 Å². The van der Waals surface area contributed by atoms with Crippen molar-refractivity contribution in [3.63, 3.8) is 0 Å². The van der Waals surface area contributed by atoms with Crippen molar-refractivity contribution in [1.82, 2.24) is 0 Å². The molecule has 0 nitrogen and oxygen atoms in total. The SMILES string of the molecule is CC1(C)C2CCCC2C2CC1C2(C)C.CC1(C)C2CC[CH][C]2C2CC1C2(C)C.[Cl][Ti][Cl]. The van der Waals surface area contributed by atoms with E-state index in [1.54, 1.807) is 6.42 Å². The van der Waals surface area contributed by atoms with Gasteiger partial charge < -0.3 is 0 Å². The molecular weight excluding hydrogens is 455 g/mol. The quantitative estimate of drug-likeness (QED) is 0.290. The summed E-state index contributed by atoms with van der Waals surface area (Å²) in [6.07, 6.45) is 12.9. The van der Waals surface area contributed by atoms with Gasteiger partial charge in [0.05, 0.1) is 0 Å². The van der Waals surface area contributed by atoms with E-state index in [1.807, 2.05) is 5.92 Å². The van der Waals surface area contributed by atoms with Crippen LogP contribution in [0.2, 0.25) is 0 Å². The van der Waals surface area contributed by atoms with Crippen molar-refractivity contribution < 1.29 is 17.0 Å². The molecule has 2 radical (unpaired) electrons. The summed E-state index contributed by atoms with van der Waals surface area (Å²) < 4.78 is 0. The summed E-state index contributed by atoms with van der Waals surface area (Å²) in [5.74, 6) is 8.92. The normalized spacial score (nSPS) is 45.9. The van der Waals surface area contributed by atoms with E-state index in [1.165, 1.54) is 38.5 Å². The predicted molar refractivity (Wildman–Crippen MR) is 131 cm³/mol.